The van der Waals surface area contributed by atoms with Crippen molar-refractivity contribution in [1.29, 1.82) is 0 Å². The lowest BCUT2D eigenvalue weighted by Crippen LogP contribution is -2.33. The Morgan fingerprint density at radius 3 is 2.68 bits per heavy atom. The van der Waals surface area contributed by atoms with E-state index in [9.17, 15) is 5.11 Å². The fourth-order valence-corrected chi connectivity index (χ4v) is 4.21. The monoisotopic (exact) mass is 348 g/mol. The number of hydrazone groups is 1. The number of aromatic hydroxyl groups is 1. The Hall–Kier alpha value is -2.79. The molecule has 0 saturated heterocycles. The van der Waals surface area contributed by atoms with E-state index in [-0.39, 0.29) is 18.0 Å². The molecule has 5 rings (SSSR count). The third kappa shape index (κ3) is 2.39. The zero-order valence-electron chi connectivity index (χ0n) is 13.4. The number of thiophene rings is 1. The maximum absolute atomic E-state index is 9.59. The minimum Gasteiger partial charge on any atom is -0.508 e. The summed E-state index contributed by atoms with van der Waals surface area (Å²) in [6.07, 6.45) is 0.577. The first kappa shape index (κ1) is 14.5. The highest BCUT2D eigenvalue weighted by Crippen LogP contribution is 2.47. The standard InChI is InChI=1S/C20H16N2O2S/c23-14-9-7-13(8-10-14)20-22-17(15-4-1-2-5-18(15)24-20)12-16(21-22)19-6-3-11-25-19/h1-11,17,20,23H,12H2/t17-,20-/m1/s1. The van der Waals surface area contributed by atoms with Crippen molar-refractivity contribution in [3.8, 4) is 11.5 Å². The molecule has 3 aromatic rings. The van der Waals surface area contributed by atoms with E-state index in [1.54, 1.807) is 23.5 Å². The molecule has 4 nitrogen and oxygen atoms in total. The lowest BCUT2D eigenvalue weighted by Gasteiger charge is -2.38. The van der Waals surface area contributed by atoms with Gasteiger partial charge in [-0.1, -0.05) is 24.3 Å². The number of hydrogen-bond donors (Lipinski definition) is 1. The van der Waals surface area contributed by atoms with Gasteiger partial charge in [0.05, 0.1) is 16.6 Å². The second-order valence-electron chi connectivity index (χ2n) is 6.22. The molecule has 3 heterocycles. The highest BCUT2D eigenvalue weighted by atomic mass is 32.1. The van der Waals surface area contributed by atoms with Gasteiger partial charge in [-0.15, -0.1) is 11.3 Å². The van der Waals surface area contributed by atoms with Crippen molar-refractivity contribution in [3.05, 3.63) is 82.0 Å². The number of rotatable bonds is 2. The van der Waals surface area contributed by atoms with Crippen LogP contribution in [-0.2, 0) is 0 Å². The van der Waals surface area contributed by atoms with Crippen LogP contribution in [0, 0.1) is 0 Å². The summed E-state index contributed by atoms with van der Waals surface area (Å²) in [4.78, 5) is 1.20. The van der Waals surface area contributed by atoms with Gasteiger partial charge in [0.15, 0.2) is 0 Å². The number of hydrogen-bond acceptors (Lipinski definition) is 5. The van der Waals surface area contributed by atoms with Gasteiger partial charge in [0.1, 0.15) is 11.5 Å². The van der Waals surface area contributed by atoms with Gasteiger partial charge in [0.25, 0.3) is 0 Å². The minimum absolute atomic E-state index is 0.167. The van der Waals surface area contributed by atoms with Crippen molar-refractivity contribution in [2.45, 2.75) is 18.7 Å². The van der Waals surface area contributed by atoms with Crippen LogP contribution < -0.4 is 4.74 Å². The largest absolute Gasteiger partial charge is 0.508 e. The van der Waals surface area contributed by atoms with Crippen LogP contribution in [0.2, 0.25) is 0 Å². The van der Waals surface area contributed by atoms with E-state index in [4.69, 9.17) is 9.84 Å². The Kier molecular flexibility index (Phi) is 3.28. The number of phenolic OH excluding ortho intramolecular Hbond substituents is 1. The van der Waals surface area contributed by atoms with Crippen molar-refractivity contribution in [3.63, 3.8) is 0 Å². The van der Waals surface area contributed by atoms with Gasteiger partial charge in [-0.3, -0.25) is 0 Å². The molecule has 124 valence electrons. The zero-order valence-corrected chi connectivity index (χ0v) is 14.2. The molecule has 0 radical (unpaired) electrons. The summed E-state index contributed by atoms with van der Waals surface area (Å²) < 4.78 is 6.28. The number of ether oxygens (including phenoxy) is 1. The summed E-state index contributed by atoms with van der Waals surface area (Å²) in [6.45, 7) is 0. The van der Waals surface area contributed by atoms with Crippen molar-refractivity contribution in [2.75, 3.05) is 0 Å². The number of para-hydroxylation sites is 1. The van der Waals surface area contributed by atoms with Crippen LogP contribution in [0.15, 0.2) is 71.1 Å². The highest BCUT2D eigenvalue weighted by molar-refractivity contribution is 7.12. The molecule has 1 N–H and O–H groups in total. The van der Waals surface area contributed by atoms with Gasteiger partial charge in [0, 0.05) is 17.5 Å². The summed E-state index contributed by atoms with van der Waals surface area (Å²) in [7, 11) is 0. The second kappa shape index (κ2) is 5.63. The first-order chi connectivity index (χ1) is 12.3. The molecule has 0 bridgehead atoms. The number of phenols is 1. The average molecular weight is 348 g/mol. The molecule has 25 heavy (non-hydrogen) atoms. The normalized spacial score (nSPS) is 21.3. The molecule has 0 fully saturated rings. The van der Waals surface area contributed by atoms with E-state index < -0.39 is 0 Å². The third-order valence-electron chi connectivity index (χ3n) is 4.68. The van der Waals surface area contributed by atoms with Crippen molar-refractivity contribution < 1.29 is 9.84 Å². The van der Waals surface area contributed by atoms with Gasteiger partial charge in [-0.2, -0.15) is 5.10 Å². The quantitative estimate of drug-likeness (QED) is 0.730. The third-order valence-corrected chi connectivity index (χ3v) is 5.60. The van der Waals surface area contributed by atoms with Crippen LogP contribution in [0.5, 0.6) is 11.5 Å². The Morgan fingerprint density at radius 2 is 1.88 bits per heavy atom. The average Bonchev–Trinajstić information content (AvgIpc) is 3.31. The van der Waals surface area contributed by atoms with E-state index in [1.165, 1.54) is 10.4 Å². The predicted molar refractivity (Wildman–Crippen MR) is 98.0 cm³/mol. The molecule has 0 spiro atoms. The molecule has 5 heteroatoms. The van der Waals surface area contributed by atoms with Crippen LogP contribution >= 0.6 is 11.3 Å². The summed E-state index contributed by atoms with van der Waals surface area (Å²) in [6, 6.07) is 19.7. The lowest BCUT2D eigenvalue weighted by atomic mass is 9.98. The van der Waals surface area contributed by atoms with E-state index in [1.807, 2.05) is 30.3 Å². The molecule has 2 aliphatic heterocycles. The van der Waals surface area contributed by atoms with E-state index in [0.29, 0.717) is 0 Å². The van der Waals surface area contributed by atoms with Gasteiger partial charge in [-0.25, -0.2) is 5.01 Å². The molecule has 0 saturated carbocycles. The minimum atomic E-state index is -0.294. The Labute approximate surface area is 149 Å². The van der Waals surface area contributed by atoms with Crippen molar-refractivity contribution in [2.24, 2.45) is 5.10 Å². The summed E-state index contributed by atoms with van der Waals surface area (Å²) in [5.74, 6) is 1.16. The second-order valence-corrected chi connectivity index (χ2v) is 7.17. The lowest BCUT2D eigenvalue weighted by molar-refractivity contribution is -0.0190. The van der Waals surface area contributed by atoms with Crippen LogP contribution in [0.1, 0.15) is 34.7 Å². The SMILES string of the molecule is Oc1ccc([C@H]2Oc3ccccc3[C@H]3CC(c4cccs4)=NN32)cc1. The van der Waals surface area contributed by atoms with Gasteiger partial charge >= 0.3 is 0 Å². The fraction of sp³-hybridized carbons (Fsp3) is 0.150. The van der Waals surface area contributed by atoms with Crippen molar-refractivity contribution >= 4 is 17.0 Å². The zero-order chi connectivity index (χ0) is 16.8. The topological polar surface area (TPSA) is 45.1 Å². The Balaban J connectivity index is 1.60. The van der Waals surface area contributed by atoms with Gasteiger partial charge < -0.3 is 9.84 Å². The molecule has 2 aliphatic rings. The molecular formula is C20H16N2O2S. The van der Waals surface area contributed by atoms with E-state index in [2.05, 4.69) is 28.6 Å². The Morgan fingerprint density at radius 1 is 1.04 bits per heavy atom. The van der Waals surface area contributed by atoms with E-state index >= 15 is 0 Å². The molecule has 0 unspecified atom stereocenters. The number of benzene rings is 2. The maximum atomic E-state index is 9.59. The van der Waals surface area contributed by atoms with Crippen LogP contribution in [0.3, 0.4) is 0 Å². The number of fused-ring (bicyclic) bond motifs is 3. The maximum Gasteiger partial charge on any atom is 0.213 e. The van der Waals surface area contributed by atoms with Crippen LogP contribution in [-0.4, -0.2) is 15.8 Å². The fourth-order valence-electron chi connectivity index (χ4n) is 3.48. The smallest absolute Gasteiger partial charge is 0.213 e. The van der Waals surface area contributed by atoms with Crippen LogP contribution in [0.4, 0.5) is 0 Å². The van der Waals surface area contributed by atoms with Gasteiger partial charge in [-0.05, 0) is 41.8 Å². The molecule has 1 aromatic heterocycles. The Bertz CT molecular complexity index is 935. The highest BCUT2D eigenvalue weighted by Gasteiger charge is 2.40. The van der Waals surface area contributed by atoms with E-state index in [0.717, 1.165) is 23.4 Å². The van der Waals surface area contributed by atoms with Crippen LogP contribution in [0.25, 0.3) is 0 Å². The first-order valence-electron chi connectivity index (χ1n) is 8.24. The molecule has 2 atom stereocenters. The predicted octanol–water partition coefficient (Wildman–Crippen LogP) is 4.70. The summed E-state index contributed by atoms with van der Waals surface area (Å²) in [5, 5.41) is 18.6. The number of nitrogens with zero attached hydrogens (tertiary/aromatic N) is 2. The summed E-state index contributed by atoms with van der Waals surface area (Å²) >= 11 is 1.71. The first-order valence-corrected chi connectivity index (χ1v) is 9.12. The van der Waals surface area contributed by atoms with Crippen molar-refractivity contribution in [1.82, 2.24) is 5.01 Å². The summed E-state index contributed by atoms with van der Waals surface area (Å²) in [5.41, 5.74) is 3.25. The molecular weight excluding hydrogens is 332 g/mol. The molecule has 2 aromatic carbocycles. The molecule has 0 amide bonds. The molecule has 0 aliphatic carbocycles. The van der Waals surface area contributed by atoms with Gasteiger partial charge in [0.2, 0.25) is 6.23 Å².